The highest BCUT2D eigenvalue weighted by Gasteiger charge is 2.59. The lowest BCUT2D eigenvalue weighted by Crippen LogP contribution is -2.41. The number of aliphatic hydroxyl groups excluding tert-OH is 1. The van der Waals surface area contributed by atoms with Crippen LogP contribution < -0.4 is 0 Å². The van der Waals surface area contributed by atoms with Crippen molar-refractivity contribution in [2.45, 2.75) is 24.2 Å². The van der Waals surface area contributed by atoms with E-state index in [1.165, 1.54) is 0 Å². The molecule has 2 bridgehead atoms. The van der Waals surface area contributed by atoms with Crippen LogP contribution in [0.3, 0.4) is 0 Å². The minimum Gasteiger partial charge on any atom is -0.394 e. The quantitative estimate of drug-likeness (QED) is 0.564. The van der Waals surface area contributed by atoms with Crippen LogP contribution in [0, 0.1) is 5.92 Å². The summed E-state index contributed by atoms with van der Waals surface area (Å²) in [4.78, 5) is 0. The van der Waals surface area contributed by atoms with E-state index in [0.29, 0.717) is 5.92 Å². The monoisotopic (exact) mass is 168 g/mol. The van der Waals surface area contributed by atoms with Gasteiger partial charge in [-0.1, -0.05) is 12.2 Å². The first-order chi connectivity index (χ1) is 5.85. The number of ether oxygens (including phenoxy) is 2. The Kier molecular flexibility index (Phi) is 1.24. The summed E-state index contributed by atoms with van der Waals surface area (Å²) < 4.78 is 11.3. The number of fused-ring (bicyclic) bond motifs is 1. The Labute approximate surface area is 71.0 Å². The van der Waals surface area contributed by atoms with Crippen molar-refractivity contribution < 1.29 is 14.6 Å². The van der Waals surface area contributed by atoms with Crippen LogP contribution >= 0.6 is 0 Å². The van der Waals surface area contributed by atoms with Gasteiger partial charge in [0.05, 0.1) is 19.3 Å². The van der Waals surface area contributed by atoms with Crippen LogP contribution in [0.4, 0.5) is 0 Å². The fourth-order valence-corrected chi connectivity index (χ4v) is 2.62. The highest BCUT2D eigenvalue weighted by molar-refractivity contribution is 5.25. The Morgan fingerprint density at radius 2 is 2.50 bits per heavy atom. The van der Waals surface area contributed by atoms with Gasteiger partial charge in [-0.2, -0.15) is 0 Å². The standard InChI is InChI=1S/C9H12O3/c10-4-8-9-2-1-7(12-9)3-6(9)5-11-8/h1-2,6-8,10H,3-5H2/t6-,7+,8+,9-/m0/s1. The van der Waals surface area contributed by atoms with Crippen LogP contribution in [0.1, 0.15) is 6.42 Å². The van der Waals surface area contributed by atoms with Gasteiger partial charge in [-0.15, -0.1) is 0 Å². The average molecular weight is 168 g/mol. The predicted octanol–water partition coefficient (Wildman–Crippen LogP) is 0.0912. The molecular formula is C9H12O3. The van der Waals surface area contributed by atoms with E-state index in [2.05, 4.69) is 12.2 Å². The summed E-state index contributed by atoms with van der Waals surface area (Å²) in [6.07, 6.45) is 5.39. The summed E-state index contributed by atoms with van der Waals surface area (Å²) >= 11 is 0. The molecule has 3 nitrogen and oxygen atoms in total. The molecule has 0 radical (unpaired) electrons. The summed E-state index contributed by atoms with van der Waals surface area (Å²) in [5, 5.41) is 9.09. The van der Waals surface area contributed by atoms with E-state index in [4.69, 9.17) is 14.6 Å². The van der Waals surface area contributed by atoms with Crippen molar-refractivity contribution in [2.75, 3.05) is 13.2 Å². The second-order valence-corrected chi connectivity index (χ2v) is 3.81. The van der Waals surface area contributed by atoms with E-state index in [-0.39, 0.29) is 24.4 Å². The third kappa shape index (κ3) is 0.632. The summed E-state index contributed by atoms with van der Waals surface area (Å²) in [6.45, 7) is 0.805. The Hall–Kier alpha value is -0.380. The SMILES string of the molecule is OC[C@H]1OC[C@@H]2C[C@H]3C=C[C@]21O3. The molecule has 3 aliphatic rings. The van der Waals surface area contributed by atoms with Gasteiger partial charge in [-0.25, -0.2) is 0 Å². The average Bonchev–Trinajstić information content (AvgIpc) is 2.68. The van der Waals surface area contributed by atoms with E-state index in [9.17, 15) is 0 Å². The molecule has 1 spiro atoms. The molecule has 4 atom stereocenters. The van der Waals surface area contributed by atoms with Crippen LogP contribution in [0.2, 0.25) is 0 Å². The summed E-state index contributed by atoms with van der Waals surface area (Å²) in [5.74, 6) is 0.477. The van der Waals surface area contributed by atoms with Gasteiger partial charge >= 0.3 is 0 Å². The molecule has 3 heteroatoms. The maximum atomic E-state index is 9.09. The van der Waals surface area contributed by atoms with Gasteiger partial charge in [0.15, 0.2) is 0 Å². The molecule has 3 aliphatic heterocycles. The maximum absolute atomic E-state index is 9.09. The van der Waals surface area contributed by atoms with Crippen molar-refractivity contribution >= 4 is 0 Å². The topological polar surface area (TPSA) is 38.7 Å². The predicted molar refractivity (Wildman–Crippen MR) is 41.7 cm³/mol. The lowest BCUT2D eigenvalue weighted by molar-refractivity contribution is -0.0654. The van der Waals surface area contributed by atoms with Gasteiger partial charge in [0.2, 0.25) is 0 Å². The molecule has 0 aromatic rings. The van der Waals surface area contributed by atoms with Crippen molar-refractivity contribution in [3.05, 3.63) is 12.2 Å². The largest absolute Gasteiger partial charge is 0.394 e. The highest BCUT2D eigenvalue weighted by Crippen LogP contribution is 2.49. The van der Waals surface area contributed by atoms with E-state index in [1.807, 2.05) is 0 Å². The second-order valence-electron chi connectivity index (χ2n) is 3.81. The van der Waals surface area contributed by atoms with E-state index in [0.717, 1.165) is 13.0 Å². The minimum atomic E-state index is -0.264. The van der Waals surface area contributed by atoms with Crippen LogP contribution in [-0.2, 0) is 9.47 Å². The van der Waals surface area contributed by atoms with Gasteiger partial charge in [0, 0.05) is 5.92 Å². The minimum absolute atomic E-state index is 0.0631. The molecular weight excluding hydrogens is 156 g/mol. The zero-order valence-corrected chi connectivity index (χ0v) is 6.77. The van der Waals surface area contributed by atoms with Gasteiger partial charge in [-0.3, -0.25) is 0 Å². The van der Waals surface area contributed by atoms with Crippen LogP contribution in [-0.4, -0.2) is 36.1 Å². The fourth-order valence-electron chi connectivity index (χ4n) is 2.62. The van der Waals surface area contributed by atoms with Crippen LogP contribution in [0.5, 0.6) is 0 Å². The first-order valence-corrected chi connectivity index (χ1v) is 4.45. The molecule has 0 aromatic heterocycles. The molecule has 66 valence electrons. The summed E-state index contributed by atoms with van der Waals surface area (Å²) in [7, 11) is 0. The first-order valence-electron chi connectivity index (χ1n) is 4.45. The highest BCUT2D eigenvalue weighted by atomic mass is 16.6. The molecule has 0 amide bonds. The van der Waals surface area contributed by atoms with Crippen LogP contribution in [0.25, 0.3) is 0 Å². The Morgan fingerprint density at radius 1 is 1.58 bits per heavy atom. The molecule has 0 unspecified atom stereocenters. The number of rotatable bonds is 1. The normalized spacial score (nSPS) is 54.9. The van der Waals surface area contributed by atoms with E-state index >= 15 is 0 Å². The Bertz CT molecular complexity index is 238. The van der Waals surface area contributed by atoms with Crippen molar-refractivity contribution in [3.63, 3.8) is 0 Å². The zero-order valence-electron chi connectivity index (χ0n) is 6.77. The third-order valence-corrected chi connectivity index (χ3v) is 3.25. The molecule has 0 aromatic carbocycles. The first kappa shape index (κ1) is 7.06. The Balaban J connectivity index is 1.99. The van der Waals surface area contributed by atoms with Gasteiger partial charge in [0.25, 0.3) is 0 Å². The fraction of sp³-hybridized carbons (Fsp3) is 0.778. The Morgan fingerprint density at radius 3 is 3.25 bits per heavy atom. The van der Waals surface area contributed by atoms with Crippen molar-refractivity contribution in [2.24, 2.45) is 5.92 Å². The summed E-state index contributed by atoms with van der Waals surface area (Å²) in [6, 6.07) is 0. The van der Waals surface area contributed by atoms with Gasteiger partial charge < -0.3 is 14.6 Å². The number of hydrogen-bond donors (Lipinski definition) is 1. The smallest absolute Gasteiger partial charge is 0.120 e. The number of aliphatic hydroxyl groups is 1. The van der Waals surface area contributed by atoms with Crippen molar-refractivity contribution in [3.8, 4) is 0 Å². The lowest BCUT2D eigenvalue weighted by atomic mass is 9.82. The van der Waals surface area contributed by atoms with Gasteiger partial charge in [0.1, 0.15) is 11.7 Å². The number of hydrogen-bond acceptors (Lipinski definition) is 3. The third-order valence-electron chi connectivity index (χ3n) is 3.25. The maximum Gasteiger partial charge on any atom is 0.120 e. The molecule has 1 N–H and O–H groups in total. The molecule has 12 heavy (non-hydrogen) atoms. The van der Waals surface area contributed by atoms with Crippen molar-refractivity contribution in [1.29, 1.82) is 0 Å². The van der Waals surface area contributed by atoms with Gasteiger partial charge in [-0.05, 0) is 6.42 Å². The molecule has 3 rings (SSSR count). The zero-order chi connectivity index (χ0) is 8.18. The molecule has 2 fully saturated rings. The van der Waals surface area contributed by atoms with Crippen LogP contribution in [0.15, 0.2) is 12.2 Å². The molecule has 0 aliphatic carbocycles. The van der Waals surface area contributed by atoms with E-state index < -0.39 is 0 Å². The second kappa shape index (κ2) is 2.10. The van der Waals surface area contributed by atoms with Crippen molar-refractivity contribution in [1.82, 2.24) is 0 Å². The van der Waals surface area contributed by atoms with E-state index in [1.54, 1.807) is 0 Å². The molecule has 2 saturated heterocycles. The summed E-state index contributed by atoms with van der Waals surface area (Å²) in [5.41, 5.74) is -0.264. The lowest BCUT2D eigenvalue weighted by Gasteiger charge is -2.26. The molecule has 0 saturated carbocycles. The molecule has 3 heterocycles.